The monoisotopic (exact) mass is 253 g/mol. The van der Waals surface area contributed by atoms with Crippen LogP contribution in [-0.2, 0) is 0 Å². The molecule has 108 valence electrons. The van der Waals surface area contributed by atoms with Gasteiger partial charge in [-0.25, -0.2) is 0 Å². The molecule has 0 spiro atoms. The van der Waals surface area contributed by atoms with Crippen molar-refractivity contribution in [1.29, 1.82) is 0 Å². The SMILES string of the molecule is CCCC1CCCN(CCC)C1(CCC)CCC. The summed E-state index contributed by atoms with van der Waals surface area (Å²) in [5.74, 6) is 0.961. The van der Waals surface area contributed by atoms with Gasteiger partial charge in [0, 0.05) is 5.54 Å². The van der Waals surface area contributed by atoms with E-state index in [4.69, 9.17) is 0 Å². The Balaban J connectivity index is 2.92. The van der Waals surface area contributed by atoms with Crippen LogP contribution in [0.25, 0.3) is 0 Å². The van der Waals surface area contributed by atoms with Gasteiger partial charge in [0.1, 0.15) is 0 Å². The van der Waals surface area contributed by atoms with Gasteiger partial charge < -0.3 is 0 Å². The minimum absolute atomic E-state index is 0.549. The van der Waals surface area contributed by atoms with E-state index in [1.54, 1.807) is 0 Å². The average Bonchev–Trinajstić information content (AvgIpc) is 2.35. The summed E-state index contributed by atoms with van der Waals surface area (Å²) in [6, 6.07) is 0. The Morgan fingerprint density at radius 3 is 2.11 bits per heavy atom. The molecule has 0 aromatic rings. The molecular formula is C17H35N. The fourth-order valence-electron chi connectivity index (χ4n) is 4.36. The second-order valence-corrected chi connectivity index (χ2v) is 6.22. The highest BCUT2D eigenvalue weighted by Gasteiger charge is 2.43. The smallest absolute Gasteiger partial charge is 0.0237 e. The molecule has 0 N–H and O–H groups in total. The van der Waals surface area contributed by atoms with Crippen molar-refractivity contribution < 1.29 is 0 Å². The Bertz CT molecular complexity index is 186. The minimum atomic E-state index is 0.549. The van der Waals surface area contributed by atoms with E-state index in [-0.39, 0.29) is 0 Å². The zero-order valence-electron chi connectivity index (χ0n) is 13.3. The van der Waals surface area contributed by atoms with Crippen LogP contribution in [0.1, 0.15) is 85.5 Å². The molecule has 1 rings (SSSR count). The molecule has 0 aromatic heterocycles. The first kappa shape index (κ1) is 16.0. The van der Waals surface area contributed by atoms with Gasteiger partial charge >= 0.3 is 0 Å². The summed E-state index contributed by atoms with van der Waals surface area (Å²) in [6.45, 7) is 12.1. The Morgan fingerprint density at radius 2 is 1.61 bits per heavy atom. The molecule has 1 saturated heterocycles. The summed E-state index contributed by atoms with van der Waals surface area (Å²) in [4.78, 5) is 2.88. The highest BCUT2D eigenvalue weighted by molar-refractivity contribution is 4.98. The number of piperidine rings is 1. The normalized spacial score (nSPS) is 24.3. The zero-order valence-corrected chi connectivity index (χ0v) is 13.3. The molecule has 1 unspecified atom stereocenters. The summed E-state index contributed by atoms with van der Waals surface area (Å²) in [5.41, 5.74) is 0.549. The molecule has 1 aliphatic heterocycles. The van der Waals surface area contributed by atoms with Crippen LogP contribution < -0.4 is 0 Å². The van der Waals surface area contributed by atoms with Gasteiger partial charge in [-0.2, -0.15) is 0 Å². The lowest BCUT2D eigenvalue weighted by molar-refractivity contribution is -0.0248. The number of likely N-dealkylation sites (tertiary alicyclic amines) is 1. The molecule has 1 nitrogen and oxygen atoms in total. The van der Waals surface area contributed by atoms with Crippen LogP contribution >= 0.6 is 0 Å². The van der Waals surface area contributed by atoms with Gasteiger partial charge in [-0.15, -0.1) is 0 Å². The lowest BCUT2D eigenvalue weighted by Gasteiger charge is -2.53. The van der Waals surface area contributed by atoms with Crippen LogP contribution in [0.15, 0.2) is 0 Å². The van der Waals surface area contributed by atoms with E-state index < -0.39 is 0 Å². The summed E-state index contributed by atoms with van der Waals surface area (Å²) >= 11 is 0. The maximum atomic E-state index is 2.88. The molecular weight excluding hydrogens is 218 g/mol. The van der Waals surface area contributed by atoms with Crippen molar-refractivity contribution in [2.45, 2.75) is 91.0 Å². The van der Waals surface area contributed by atoms with Crippen molar-refractivity contribution >= 4 is 0 Å². The van der Waals surface area contributed by atoms with E-state index in [1.807, 2.05) is 0 Å². The number of nitrogens with zero attached hydrogens (tertiary/aromatic N) is 1. The van der Waals surface area contributed by atoms with Crippen molar-refractivity contribution in [1.82, 2.24) is 4.90 Å². The minimum Gasteiger partial charge on any atom is -0.297 e. The first-order valence-electron chi connectivity index (χ1n) is 8.50. The van der Waals surface area contributed by atoms with Gasteiger partial charge in [0.2, 0.25) is 0 Å². The Hall–Kier alpha value is -0.0400. The maximum Gasteiger partial charge on any atom is 0.0237 e. The third-order valence-electron chi connectivity index (χ3n) is 4.87. The van der Waals surface area contributed by atoms with Crippen LogP contribution in [0, 0.1) is 5.92 Å². The van der Waals surface area contributed by atoms with E-state index in [0.29, 0.717) is 5.54 Å². The second-order valence-electron chi connectivity index (χ2n) is 6.22. The van der Waals surface area contributed by atoms with Crippen LogP contribution in [0.2, 0.25) is 0 Å². The molecule has 0 bridgehead atoms. The third-order valence-corrected chi connectivity index (χ3v) is 4.87. The van der Waals surface area contributed by atoms with E-state index in [9.17, 15) is 0 Å². The highest BCUT2D eigenvalue weighted by Crippen LogP contribution is 2.43. The van der Waals surface area contributed by atoms with Crippen LogP contribution in [-0.4, -0.2) is 23.5 Å². The van der Waals surface area contributed by atoms with Gasteiger partial charge in [-0.05, 0) is 57.5 Å². The summed E-state index contributed by atoms with van der Waals surface area (Å²) < 4.78 is 0. The summed E-state index contributed by atoms with van der Waals surface area (Å²) in [7, 11) is 0. The third kappa shape index (κ3) is 3.50. The van der Waals surface area contributed by atoms with Gasteiger partial charge in [-0.3, -0.25) is 4.90 Å². The van der Waals surface area contributed by atoms with Crippen molar-refractivity contribution in [3.05, 3.63) is 0 Å². The van der Waals surface area contributed by atoms with E-state index in [2.05, 4.69) is 32.6 Å². The molecule has 0 aliphatic carbocycles. The molecule has 18 heavy (non-hydrogen) atoms. The zero-order chi connectivity index (χ0) is 13.4. The van der Waals surface area contributed by atoms with Crippen molar-refractivity contribution in [2.75, 3.05) is 13.1 Å². The molecule has 0 saturated carbocycles. The summed E-state index contributed by atoms with van der Waals surface area (Å²) in [6.07, 6.45) is 12.6. The average molecular weight is 253 g/mol. The van der Waals surface area contributed by atoms with E-state index >= 15 is 0 Å². The predicted molar refractivity (Wildman–Crippen MR) is 82.0 cm³/mol. The van der Waals surface area contributed by atoms with Gasteiger partial charge in [0.15, 0.2) is 0 Å². The first-order valence-corrected chi connectivity index (χ1v) is 8.50. The fraction of sp³-hybridized carbons (Fsp3) is 1.00. The summed E-state index contributed by atoms with van der Waals surface area (Å²) in [5, 5.41) is 0. The topological polar surface area (TPSA) is 3.24 Å². The Labute approximate surface area is 115 Å². The van der Waals surface area contributed by atoms with Crippen molar-refractivity contribution in [3.63, 3.8) is 0 Å². The lowest BCUT2D eigenvalue weighted by Crippen LogP contribution is -2.57. The molecule has 1 atom stereocenters. The molecule has 0 aromatic carbocycles. The molecule has 1 fully saturated rings. The van der Waals surface area contributed by atoms with Crippen LogP contribution in [0.4, 0.5) is 0 Å². The largest absolute Gasteiger partial charge is 0.297 e. The Morgan fingerprint density at radius 1 is 0.944 bits per heavy atom. The molecule has 1 heteroatoms. The van der Waals surface area contributed by atoms with E-state index in [1.165, 1.54) is 70.9 Å². The molecule has 1 heterocycles. The lowest BCUT2D eigenvalue weighted by atomic mass is 9.69. The van der Waals surface area contributed by atoms with E-state index in [0.717, 1.165) is 5.92 Å². The van der Waals surface area contributed by atoms with Crippen molar-refractivity contribution in [2.24, 2.45) is 5.92 Å². The van der Waals surface area contributed by atoms with Crippen molar-refractivity contribution in [3.8, 4) is 0 Å². The molecule has 1 aliphatic rings. The van der Waals surface area contributed by atoms with Gasteiger partial charge in [0.25, 0.3) is 0 Å². The first-order chi connectivity index (χ1) is 8.75. The van der Waals surface area contributed by atoms with Gasteiger partial charge in [0.05, 0.1) is 0 Å². The molecule has 0 amide bonds. The van der Waals surface area contributed by atoms with Gasteiger partial charge in [-0.1, -0.05) is 47.0 Å². The van der Waals surface area contributed by atoms with Crippen LogP contribution in [0.5, 0.6) is 0 Å². The quantitative estimate of drug-likeness (QED) is 0.571. The Kier molecular flexibility index (Phi) is 7.29. The highest BCUT2D eigenvalue weighted by atomic mass is 15.2. The molecule has 0 radical (unpaired) electrons. The number of hydrogen-bond acceptors (Lipinski definition) is 1. The number of hydrogen-bond donors (Lipinski definition) is 0. The standard InChI is InChI=1S/C17H35N/c1-5-10-16-11-9-15-18(14-8-4)17(16,12-6-2)13-7-3/h16H,5-15H2,1-4H3. The number of rotatable bonds is 8. The van der Waals surface area contributed by atoms with Crippen LogP contribution in [0.3, 0.4) is 0 Å². The fourth-order valence-corrected chi connectivity index (χ4v) is 4.36. The second kappa shape index (κ2) is 8.19. The predicted octanol–water partition coefficient (Wildman–Crippen LogP) is 5.25. The maximum absolute atomic E-state index is 2.88.